The van der Waals surface area contributed by atoms with Crippen LogP contribution < -0.4 is 5.32 Å². The highest BCUT2D eigenvalue weighted by atomic mass is 16.5. The van der Waals surface area contributed by atoms with E-state index in [1.165, 1.54) is 0 Å². The number of amides is 1. The molecule has 2 aliphatic rings. The normalized spacial score (nSPS) is 28.1. The highest BCUT2D eigenvalue weighted by Crippen LogP contribution is 2.59. The Kier molecular flexibility index (Phi) is 3.73. The van der Waals surface area contributed by atoms with Gasteiger partial charge in [-0.15, -0.1) is 0 Å². The Bertz CT molecular complexity index is 284. The summed E-state index contributed by atoms with van der Waals surface area (Å²) in [6.07, 6.45) is 2.58. The van der Waals surface area contributed by atoms with Crippen LogP contribution in [0.3, 0.4) is 0 Å². The van der Waals surface area contributed by atoms with Crippen molar-refractivity contribution in [3.05, 3.63) is 0 Å². The van der Waals surface area contributed by atoms with Gasteiger partial charge in [0.25, 0.3) is 0 Å². The van der Waals surface area contributed by atoms with Crippen LogP contribution in [-0.2, 0) is 9.53 Å². The van der Waals surface area contributed by atoms with E-state index in [0.29, 0.717) is 6.54 Å². The molecule has 1 amide bonds. The second-order valence-corrected chi connectivity index (χ2v) is 5.79. The van der Waals surface area contributed by atoms with Crippen molar-refractivity contribution in [3.8, 4) is 0 Å². The quantitative estimate of drug-likeness (QED) is 0.770. The molecule has 17 heavy (non-hydrogen) atoms. The van der Waals surface area contributed by atoms with Gasteiger partial charge in [-0.1, -0.05) is 13.8 Å². The average Bonchev–Trinajstić information content (AvgIpc) is 3.00. The lowest BCUT2D eigenvalue weighted by molar-refractivity contribution is -0.124. The molecule has 2 fully saturated rings. The van der Waals surface area contributed by atoms with Gasteiger partial charge in [0.1, 0.15) is 0 Å². The van der Waals surface area contributed by atoms with E-state index in [1.807, 2.05) is 13.8 Å². The number of aliphatic hydroxyl groups excluding tert-OH is 1. The van der Waals surface area contributed by atoms with Crippen LogP contribution >= 0.6 is 0 Å². The summed E-state index contributed by atoms with van der Waals surface area (Å²) < 4.78 is 5.33. The van der Waals surface area contributed by atoms with Gasteiger partial charge in [0.15, 0.2) is 0 Å². The van der Waals surface area contributed by atoms with Gasteiger partial charge in [-0.2, -0.15) is 0 Å². The van der Waals surface area contributed by atoms with Crippen LogP contribution in [-0.4, -0.2) is 36.9 Å². The molecule has 0 aromatic heterocycles. The molecule has 4 heteroatoms. The lowest BCUT2D eigenvalue weighted by Gasteiger charge is -2.23. The minimum Gasteiger partial charge on any atom is -0.391 e. The van der Waals surface area contributed by atoms with Crippen molar-refractivity contribution in [2.45, 2.75) is 39.2 Å². The number of nitrogens with one attached hydrogen (secondary N) is 1. The molecule has 0 radical (unpaired) electrons. The second kappa shape index (κ2) is 4.94. The van der Waals surface area contributed by atoms with Gasteiger partial charge in [0.2, 0.25) is 5.91 Å². The fraction of sp³-hybridized carbons (Fsp3) is 0.923. The third-order valence-corrected chi connectivity index (χ3v) is 4.25. The van der Waals surface area contributed by atoms with Gasteiger partial charge in [0, 0.05) is 25.7 Å². The van der Waals surface area contributed by atoms with Crippen molar-refractivity contribution in [1.82, 2.24) is 5.32 Å². The average molecular weight is 241 g/mol. The topological polar surface area (TPSA) is 58.6 Å². The van der Waals surface area contributed by atoms with Crippen LogP contribution in [0.25, 0.3) is 0 Å². The lowest BCUT2D eigenvalue weighted by atomic mass is 9.93. The van der Waals surface area contributed by atoms with Gasteiger partial charge in [-0.3, -0.25) is 4.79 Å². The minimum atomic E-state index is -0.441. The molecule has 1 aliphatic heterocycles. The van der Waals surface area contributed by atoms with E-state index in [9.17, 15) is 9.90 Å². The number of hydrogen-bond acceptors (Lipinski definition) is 3. The number of carbonyl (C=O) groups is 1. The zero-order chi connectivity index (χ0) is 12.5. The third-order valence-electron chi connectivity index (χ3n) is 4.25. The van der Waals surface area contributed by atoms with Crippen LogP contribution in [0.5, 0.6) is 0 Å². The molecule has 4 nitrogen and oxygen atoms in total. The molecule has 98 valence electrons. The zero-order valence-electron chi connectivity index (χ0n) is 10.7. The van der Waals surface area contributed by atoms with Crippen molar-refractivity contribution in [3.63, 3.8) is 0 Å². The van der Waals surface area contributed by atoms with Gasteiger partial charge in [-0.25, -0.2) is 0 Å². The van der Waals surface area contributed by atoms with E-state index in [4.69, 9.17) is 4.74 Å². The van der Waals surface area contributed by atoms with Crippen molar-refractivity contribution in [1.29, 1.82) is 0 Å². The Morgan fingerprint density at radius 2 is 2.12 bits per heavy atom. The smallest absolute Gasteiger partial charge is 0.223 e. The van der Waals surface area contributed by atoms with E-state index < -0.39 is 6.10 Å². The van der Waals surface area contributed by atoms with E-state index in [-0.39, 0.29) is 23.2 Å². The number of rotatable bonds is 4. The molecule has 2 atom stereocenters. The first-order valence-electron chi connectivity index (χ1n) is 6.59. The maximum Gasteiger partial charge on any atom is 0.223 e. The van der Waals surface area contributed by atoms with Crippen molar-refractivity contribution in [2.75, 3.05) is 19.8 Å². The zero-order valence-corrected chi connectivity index (χ0v) is 10.7. The van der Waals surface area contributed by atoms with E-state index >= 15 is 0 Å². The van der Waals surface area contributed by atoms with Crippen LogP contribution in [0, 0.1) is 17.3 Å². The van der Waals surface area contributed by atoms with Crippen LogP contribution in [0.4, 0.5) is 0 Å². The van der Waals surface area contributed by atoms with E-state index in [2.05, 4.69) is 5.32 Å². The van der Waals surface area contributed by atoms with Gasteiger partial charge in [-0.05, 0) is 30.6 Å². The van der Waals surface area contributed by atoms with Crippen LogP contribution in [0.2, 0.25) is 0 Å². The summed E-state index contributed by atoms with van der Waals surface area (Å²) in [4.78, 5) is 11.9. The Morgan fingerprint density at radius 1 is 1.47 bits per heavy atom. The van der Waals surface area contributed by atoms with E-state index in [1.54, 1.807) is 0 Å². The van der Waals surface area contributed by atoms with Gasteiger partial charge < -0.3 is 15.2 Å². The molecular weight excluding hydrogens is 218 g/mol. The summed E-state index contributed by atoms with van der Waals surface area (Å²) in [5, 5.41) is 12.5. The van der Waals surface area contributed by atoms with E-state index in [0.717, 1.165) is 32.5 Å². The fourth-order valence-corrected chi connectivity index (χ4v) is 2.61. The predicted octanol–water partition coefficient (Wildman–Crippen LogP) is 0.936. The molecular formula is C13H23NO3. The van der Waals surface area contributed by atoms with Crippen molar-refractivity contribution < 1.29 is 14.6 Å². The molecule has 1 spiro atoms. The largest absolute Gasteiger partial charge is 0.391 e. The summed E-state index contributed by atoms with van der Waals surface area (Å²) in [6, 6.07) is 0. The molecule has 1 saturated heterocycles. The number of aliphatic hydroxyl groups is 1. The first-order chi connectivity index (χ1) is 8.05. The predicted molar refractivity (Wildman–Crippen MR) is 64.4 cm³/mol. The van der Waals surface area contributed by atoms with Gasteiger partial charge in [0.05, 0.1) is 6.10 Å². The maximum absolute atomic E-state index is 11.9. The molecule has 2 unspecified atom stereocenters. The highest BCUT2D eigenvalue weighted by Gasteiger charge is 2.57. The molecule has 0 aromatic carbocycles. The molecule has 1 saturated carbocycles. The monoisotopic (exact) mass is 241 g/mol. The first-order valence-corrected chi connectivity index (χ1v) is 6.59. The number of hydrogen-bond donors (Lipinski definition) is 2. The molecule has 1 aliphatic carbocycles. The SMILES string of the molecule is CC(C)C(O)CNC(=O)C1CC12CCOCC2. The molecule has 2 N–H and O–H groups in total. The minimum absolute atomic E-state index is 0.117. The molecule has 2 rings (SSSR count). The summed E-state index contributed by atoms with van der Waals surface area (Å²) >= 11 is 0. The summed E-state index contributed by atoms with van der Waals surface area (Å²) in [5.74, 6) is 0.462. The maximum atomic E-state index is 11.9. The summed E-state index contributed by atoms with van der Waals surface area (Å²) in [7, 11) is 0. The molecule has 0 aromatic rings. The Morgan fingerprint density at radius 3 is 2.71 bits per heavy atom. The Balaban J connectivity index is 1.75. The summed E-state index contributed by atoms with van der Waals surface area (Å²) in [5.41, 5.74) is 0.227. The summed E-state index contributed by atoms with van der Waals surface area (Å²) in [6.45, 7) is 5.86. The van der Waals surface area contributed by atoms with Crippen molar-refractivity contribution >= 4 is 5.91 Å². The van der Waals surface area contributed by atoms with Crippen LogP contribution in [0.15, 0.2) is 0 Å². The highest BCUT2D eigenvalue weighted by molar-refractivity contribution is 5.82. The Labute approximate surface area is 103 Å². The van der Waals surface area contributed by atoms with Gasteiger partial charge >= 0.3 is 0 Å². The standard InChI is InChI=1S/C13H23NO3/c1-9(2)11(15)8-14-12(16)10-7-13(10)3-5-17-6-4-13/h9-11,15H,3-8H2,1-2H3,(H,14,16). The second-order valence-electron chi connectivity index (χ2n) is 5.79. The number of ether oxygens (including phenoxy) is 1. The number of carbonyl (C=O) groups excluding carboxylic acids is 1. The van der Waals surface area contributed by atoms with Crippen LogP contribution in [0.1, 0.15) is 33.1 Å². The molecule has 1 heterocycles. The Hall–Kier alpha value is -0.610. The fourth-order valence-electron chi connectivity index (χ4n) is 2.61. The third kappa shape index (κ3) is 2.80. The first kappa shape index (κ1) is 12.8. The molecule has 0 bridgehead atoms. The lowest BCUT2D eigenvalue weighted by Crippen LogP contribution is -2.37. The van der Waals surface area contributed by atoms with Crippen molar-refractivity contribution in [2.24, 2.45) is 17.3 Å².